The van der Waals surface area contributed by atoms with E-state index >= 15 is 0 Å². The van der Waals surface area contributed by atoms with Crippen LogP contribution in [0.25, 0.3) is 0 Å². The number of carbonyl (C=O) groups is 1. The number of hydrogen-bond donors (Lipinski definition) is 0. The predicted molar refractivity (Wildman–Crippen MR) is 149 cm³/mol. The summed E-state index contributed by atoms with van der Waals surface area (Å²) >= 11 is 0. The third kappa shape index (κ3) is 4.46. The van der Waals surface area contributed by atoms with Crippen molar-refractivity contribution in [3.63, 3.8) is 0 Å². The molecule has 7 atom stereocenters. The zero-order chi connectivity index (χ0) is 25.5. The monoisotopic (exact) mass is 484 g/mol. The van der Waals surface area contributed by atoms with Crippen molar-refractivity contribution in [2.45, 2.75) is 85.7 Å². The van der Waals surface area contributed by atoms with E-state index in [1.165, 1.54) is 36.8 Å². The van der Waals surface area contributed by atoms with E-state index in [1.807, 2.05) is 30.3 Å². The highest BCUT2D eigenvalue weighted by atomic mass is 16.5. The molecular weight excluding hydrogens is 440 g/mol. The molecule has 1 aromatic rings. The minimum Gasteiger partial charge on any atom is -0.458 e. The highest BCUT2D eigenvalue weighted by Gasteiger charge is 2.57. The van der Waals surface area contributed by atoms with Gasteiger partial charge in [0, 0.05) is 6.42 Å². The van der Waals surface area contributed by atoms with Crippen LogP contribution >= 0.6 is 0 Å². The van der Waals surface area contributed by atoms with Gasteiger partial charge in [-0.05, 0) is 99.0 Å². The van der Waals surface area contributed by atoms with E-state index in [0.29, 0.717) is 28.7 Å². The van der Waals surface area contributed by atoms with Crippen LogP contribution in [0.4, 0.5) is 0 Å². The lowest BCUT2D eigenvalue weighted by molar-refractivity contribution is 0.00692. The van der Waals surface area contributed by atoms with Gasteiger partial charge in [-0.2, -0.15) is 0 Å². The average molecular weight is 485 g/mol. The molecule has 0 bridgehead atoms. The van der Waals surface area contributed by atoms with Gasteiger partial charge in [0.15, 0.2) is 0 Å². The Morgan fingerprint density at radius 3 is 2.53 bits per heavy atom. The summed E-state index contributed by atoms with van der Waals surface area (Å²) in [6.07, 6.45) is 20.1. The fourth-order valence-corrected chi connectivity index (χ4v) is 8.32. The molecule has 4 aliphatic carbocycles. The molecule has 3 fully saturated rings. The molecule has 192 valence electrons. The van der Waals surface area contributed by atoms with Gasteiger partial charge in [-0.25, -0.2) is 4.79 Å². The summed E-state index contributed by atoms with van der Waals surface area (Å²) in [6.45, 7) is 11.9. The highest BCUT2D eigenvalue weighted by molar-refractivity contribution is 5.89. The fraction of sp³-hybridized carbons (Fsp3) is 0.559. The number of hydrogen-bond acceptors (Lipinski definition) is 2. The molecule has 5 rings (SSSR count). The second-order valence-electron chi connectivity index (χ2n) is 12.7. The van der Waals surface area contributed by atoms with Gasteiger partial charge in [-0.3, -0.25) is 0 Å². The van der Waals surface area contributed by atoms with Crippen LogP contribution in [0.1, 0.15) is 89.9 Å². The second-order valence-corrected chi connectivity index (χ2v) is 12.7. The van der Waals surface area contributed by atoms with Gasteiger partial charge in [0.05, 0.1) is 5.56 Å². The number of ether oxygens (including phenoxy) is 1. The number of rotatable bonds is 5. The summed E-state index contributed by atoms with van der Waals surface area (Å²) in [7, 11) is 0. The van der Waals surface area contributed by atoms with E-state index in [0.717, 1.165) is 25.2 Å². The fourth-order valence-electron chi connectivity index (χ4n) is 8.32. The van der Waals surface area contributed by atoms with Gasteiger partial charge in [-0.1, -0.05) is 86.1 Å². The summed E-state index contributed by atoms with van der Waals surface area (Å²) in [6, 6.07) is 9.42. The Hall–Kier alpha value is -2.35. The summed E-state index contributed by atoms with van der Waals surface area (Å²) in [4.78, 5) is 12.7. The Morgan fingerprint density at radius 2 is 1.78 bits per heavy atom. The maximum Gasteiger partial charge on any atom is 0.338 e. The third-order valence-electron chi connectivity index (χ3n) is 10.4. The van der Waals surface area contributed by atoms with Crippen LogP contribution in [-0.4, -0.2) is 12.1 Å². The van der Waals surface area contributed by atoms with Crippen LogP contribution < -0.4 is 0 Å². The van der Waals surface area contributed by atoms with Gasteiger partial charge in [0.2, 0.25) is 0 Å². The largest absolute Gasteiger partial charge is 0.458 e. The molecule has 2 heteroatoms. The zero-order valence-corrected chi connectivity index (χ0v) is 22.9. The van der Waals surface area contributed by atoms with E-state index in [1.54, 1.807) is 5.57 Å². The maximum absolute atomic E-state index is 12.7. The topological polar surface area (TPSA) is 26.3 Å². The van der Waals surface area contributed by atoms with Crippen LogP contribution in [0.15, 0.2) is 77.4 Å². The average Bonchev–Trinajstić information content (AvgIpc) is 3.22. The van der Waals surface area contributed by atoms with Gasteiger partial charge in [-0.15, -0.1) is 0 Å². The van der Waals surface area contributed by atoms with Gasteiger partial charge in [0.1, 0.15) is 6.10 Å². The molecular formula is C34H44O2. The van der Waals surface area contributed by atoms with Crippen LogP contribution in [0.5, 0.6) is 0 Å². The number of esters is 1. The summed E-state index contributed by atoms with van der Waals surface area (Å²) in [5, 5.41) is 0. The lowest BCUT2D eigenvalue weighted by Gasteiger charge is -2.55. The molecule has 0 aliphatic heterocycles. The Balaban J connectivity index is 1.32. The molecule has 3 saturated carbocycles. The molecule has 2 nitrogen and oxygen atoms in total. The first-order chi connectivity index (χ1) is 17.2. The first-order valence-electron chi connectivity index (χ1n) is 14.2. The molecule has 36 heavy (non-hydrogen) atoms. The molecule has 7 unspecified atom stereocenters. The van der Waals surface area contributed by atoms with Crippen molar-refractivity contribution in [1.82, 2.24) is 0 Å². The molecule has 0 radical (unpaired) electrons. The van der Waals surface area contributed by atoms with Crippen molar-refractivity contribution in [2.75, 3.05) is 0 Å². The smallest absolute Gasteiger partial charge is 0.338 e. The number of carbonyl (C=O) groups excluding carboxylic acids is 1. The van der Waals surface area contributed by atoms with E-state index in [2.05, 4.69) is 65.0 Å². The van der Waals surface area contributed by atoms with E-state index < -0.39 is 0 Å². The van der Waals surface area contributed by atoms with Crippen molar-refractivity contribution in [1.29, 1.82) is 0 Å². The van der Waals surface area contributed by atoms with Crippen molar-refractivity contribution >= 4 is 5.97 Å². The molecule has 0 amide bonds. The number of benzene rings is 1. The van der Waals surface area contributed by atoms with Crippen LogP contribution in [-0.2, 0) is 4.74 Å². The van der Waals surface area contributed by atoms with E-state index in [4.69, 9.17) is 4.74 Å². The Bertz CT molecular complexity index is 1100. The Labute approximate surface area is 218 Å². The maximum atomic E-state index is 12.7. The summed E-state index contributed by atoms with van der Waals surface area (Å²) in [5.74, 6) is 2.56. The molecule has 1 aromatic carbocycles. The molecule has 0 spiro atoms. The highest BCUT2D eigenvalue weighted by Crippen LogP contribution is 2.66. The molecule has 4 aliphatic rings. The van der Waals surface area contributed by atoms with Gasteiger partial charge in [0.25, 0.3) is 0 Å². The first kappa shape index (κ1) is 25.3. The van der Waals surface area contributed by atoms with Crippen molar-refractivity contribution in [2.24, 2.45) is 34.5 Å². The minimum atomic E-state index is -0.185. The predicted octanol–water partition coefficient (Wildman–Crippen LogP) is 8.87. The minimum absolute atomic E-state index is 0.00913. The Morgan fingerprint density at radius 1 is 1.00 bits per heavy atom. The summed E-state index contributed by atoms with van der Waals surface area (Å²) in [5.41, 5.74) is 5.87. The quantitative estimate of drug-likeness (QED) is 0.308. The lowest BCUT2D eigenvalue weighted by Crippen LogP contribution is -2.46. The lowest BCUT2D eigenvalue weighted by atomic mass is 9.50. The number of allylic oxidation sites excluding steroid dienone is 7. The summed E-state index contributed by atoms with van der Waals surface area (Å²) < 4.78 is 5.97. The van der Waals surface area contributed by atoms with E-state index in [-0.39, 0.29) is 17.5 Å². The third-order valence-corrected chi connectivity index (χ3v) is 10.4. The van der Waals surface area contributed by atoms with Crippen LogP contribution in [0, 0.1) is 34.5 Å². The second kappa shape index (κ2) is 9.84. The van der Waals surface area contributed by atoms with Crippen molar-refractivity contribution < 1.29 is 9.53 Å². The molecule has 0 heterocycles. The van der Waals surface area contributed by atoms with Gasteiger partial charge >= 0.3 is 5.97 Å². The standard InChI is InChI=1S/C34H44O2/c1-23(2)10-9-11-24(3)29-16-17-30-28-15-14-26-22-27(36-32(35)25-12-7-6-8-13-25)18-20-33(26,4)31(28)19-21-34(29,30)5/h6-15,24,27,29-31H,16-22H2,1-5H3. The SMILES string of the molecule is CC(C)=CC=CC(C)C1CCC2C3=CC=C4CC(OC(=O)c5ccccc5)CCC4(C)C3CCC21C. The molecule has 0 aromatic heterocycles. The van der Waals surface area contributed by atoms with Crippen molar-refractivity contribution in [3.05, 3.63) is 83.0 Å². The van der Waals surface area contributed by atoms with Crippen molar-refractivity contribution in [3.8, 4) is 0 Å². The Kier molecular flexibility index (Phi) is 6.92. The van der Waals surface area contributed by atoms with Crippen LogP contribution in [0.3, 0.4) is 0 Å². The number of fused-ring (bicyclic) bond motifs is 5. The normalized spacial score (nSPS) is 36.1. The van der Waals surface area contributed by atoms with Crippen LogP contribution in [0.2, 0.25) is 0 Å². The van der Waals surface area contributed by atoms with Gasteiger partial charge < -0.3 is 4.74 Å². The molecule has 0 N–H and O–H groups in total. The van der Waals surface area contributed by atoms with E-state index in [9.17, 15) is 4.79 Å². The first-order valence-corrected chi connectivity index (χ1v) is 14.2. The zero-order valence-electron chi connectivity index (χ0n) is 22.9. The molecule has 0 saturated heterocycles.